The molecule has 0 spiro atoms. The molecule has 2 aromatic rings. The highest BCUT2D eigenvalue weighted by Gasteiger charge is 2.23. The maximum atomic E-state index is 13.9. The number of benzene rings is 2. The molecule has 3 rings (SSSR count). The molecule has 0 saturated carbocycles. The minimum Gasteiger partial charge on any atom is -0.497 e. The molecule has 0 N–H and O–H groups in total. The molecule has 1 amide bonds. The standard InChI is InChI=1S/C20H21FN2O4/c1-26-16-6-7-19(15(12-16)13-24)27-14-20(25)23-10-8-22(9-11-23)18-5-3-2-4-17(18)21/h2-7,12-13H,8-11,14H2,1H3. The normalized spacial score (nSPS) is 14.0. The van der Waals surface area contributed by atoms with Crippen LogP contribution in [-0.4, -0.2) is 57.0 Å². The fourth-order valence-corrected chi connectivity index (χ4v) is 3.01. The summed E-state index contributed by atoms with van der Waals surface area (Å²) < 4.78 is 24.5. The Labute approximate surface area is 157 Å². The highest BCUT2D eigenvalue weighted by molar-refractivity contribution is 5.81. The summed E-state index contributed by atoms with van der Waals surface area (Å²) in [4.78, 5) is 27.2. The van der Waals surface area contributed by atoms with Crippen LogP contribution in [0.3, 0.4) is 0 Å². The van der Waals surface area contributed by atoms with Gasteiger partial charge in [0.1, 0.15) is 17.3 Å². The molecule has 0 aromatic heterocycles. The summed E-state index contributed by atoms with van der Waals surface area (Å²) in [6, 6.07) is 11.4. The Morgan fingerprint density at radius 3 is 2.56 bits per heavy atom. The van der Waals surface area contributed by atoms with Crippen molar-refractivity contribution in [3.8, 4) is 11.5 Å². The third-order valence-corrected chi connectivity index (χ3v) is 4.52. The summed E-state index contributed by atoms with van der Waals surface area (Å²) in [5.74, 6) is 0.446. The number of hydrogen-bond donors (Lipinski definition) is 0. The Hall–Kier alpha value is -3.09. The van der Waals surface area contributed by atoms with E-state index in [-0.39, 0.29) is 18.3 Å². The smallest absolute Gasteiger partial charge is 0.260 e. The van der Waals surface area contributed by atoms with Crippen molar-refractivity contribution in [2.75, 3.05) is 44.8 Å². The van der Waals surface area contributed by atoms with Gasteiger partial charge in [0, 0.05) is 26.2 Å². The molecule has 1 heterocycles. The number of rotatable bonds is 6. The van der Waals surface area contributed by atoms with Crippen LogP contribution in [0.1, 0.15) is 10.4 Å². The van der Waals surface area contributed by atoms with E-state index in [2.05, 4.69) is 0 Å². The molecule has 142 valence electrons. The Morgan fingerprint density at radius 2 is 1.89 bits per heavy atom. The summed E-state index contributed by atoms with van der Waals surface area (Å²) in [6.07, 6.45) is 0.662. The predicted molar refractivity (Wildman–Crippen MR) is 99.1 cm³/mol. The van der Waals surface area contributed by atoms with Crippen molar-refractivity contribution in [1.82, 2.24) is 4.90 Å². The van der Waals surface area contributed by atoms with Gasteiger partial charge < -0.3 is 19.3 Å². The van der Waals surface area contributed by atoms with Crippen LogP contribution in [0.4, 0.5) is 10.1 Å². The summed E-state index contributed by atoms with van der Waals surface area (Å²) >= 11 is 0. The summed E-state index contributed by atoms with van der Waals surface area (Å²) in [5.41, 5.74) is 0.876. The van der Waals surface area contributed by atoms with Crippen molar-refractivity contribution in [1.29, 1.82) is 0 Å². The van der Waals surface area contributed by atoms with Crippen molar-refractivity contribution in [2.45, 2.75) is 0 Å². The van der Waals surface area contributed by atoms with Gasteiger partial charge in [-0.15, -0.1) is 0 Å². The van der Waals surface area contributed by atoms with E-state index in [1.807, 2.05) is 4.90 Å². The van der Waals surface area contributed by atoms with Crippen LogP contribution < -0.4 is 14.4 Å². The van der Waals surface area contributed by atoms with E-state index in [4.69, 9.17) is 9.47 Å². The first kappa shape index (κ1) is 18.7. The molecular weight excluding hydrogens is 351 g/mol. The predicted octanol–water partition coefficient (Wildman–Crippen LogP) is 2.37. The van der Waals surface area contributed by atoms with Crippen LogP contribution in [0.5, 0.6) is 11.5 Å². The maximum absolute atomic E-state index is 13.9. The van der Waals surface area contributed by atoms with Gasteiger partial charge in [-0.1, -0.05) is 12.1 Å². The Morgan fingerprint density at radius 1 is 1.15 bits per heavy atom. The van der Waals surface area contributed by atoms with Crippen LogP contribution in [0.25, 0.3) is 0 Å². The maximum Gasteiger partial charge on any atom is 0.260 e. The lowest BCUT2D eigenvalue weighted by atomic mass is 10.2. The zero-order valence-corrected chi connectivity index (χ0v) is 15.1. The van der Waals surface area contributed by atoms with Crippen LogP contribution in [0.15, 0.2) is 42.5 Å². The lowest BCUT2D eigenvalue weighted by Crippen LogP contribution is -2.50. The summed E-state index contributed by atoms with van der Waals surface area (Å²) in [5, 5.41) is 0. The number of piperazine rings is 1. The number of nitrogens with zero attached hydrogens (tertiary/aromatic N) is 2. The topological polar surface area (TPSA) is 59.1 Å². The first-order chi connectivity index (χ1) is 13.1. The van der Waals surface area contributed by atoms with Gasteiger partial charge in [-0.25, -0.2) is 4.39 Å². The zero-order chi connectivity index (χ0) is 19.2. The lowest BCUT2D eigenvalue weighted by Gasteiger charge is -2.36. The second kappa shape index (κ2) is 8.53. The van der Waals surface area contributed by atoms with Crippen LogP contribution >= 0.6 is 0 Å². The number of hydrogen-bond acceptors (Lipinski definition) is 5. The third-order valence-electron chi connectivity index (χ3n) is 4.52. The quantitative estimate of drug-likeness (QED) is 0.729. The number of anilines is 1. The SMILES string of the molecule is COc1ccc(OCC(=O)N2CCN(c3ccccc3F)CC2)c(C=O)c1. The number of ether oxygens (including phenoxy) is 2. The molecule has 1 saturated heterocycles. The first-order valence-electron chi connectivity index (χ1n) is 8.65. The van der Waals surface area contributed by atoms with Crippen molar-refractivity contribution in [3.63, 3.8) is 0 Å². The van der Waals surface area contributed by atoms with E-state index < -0.39 is 0 Å². The van der Waals surface area contributed by atoms with E-state index in [9.17, 15) is 14.0 Å². The summed E-state index contributed by atoms with van der Waals surface area (Å²) in [6.45, 7) is 1.91. The van der Waals surface area contributed by atoms with Gasteiger partial charge in [-0.2, -0.15) is 0 Å². The number of aldehydes is 1. The molecule has 0 unspecified atom stereocenters. The molecule has 1 fully saturated rings. The average molecular weight is 372 g/mol. The van der Waals surface area contributed by atoms with Gasteiger partial charge in [-0.05, 0) is 30.3 Å². The molecule has 6 nitrogen and oxygen atoms in total. The summed E-state index contributed by atoms with van der Waals surface area (Å²) in [7, 11) is 1.51. The molecule has 1 aliphatic heterocycles. The zero-order valence-electron chi connectivity index (χ0n) is 15.1. The van der Waals surface area contributed by atoms with Crippen LogP contribution in [0.2, 0.25) is 0 Å². The fourth-order valence-electron chi connectivity index (χ4n) is 3.01. The average Bonchev–Trinajstić information content (AvgIpc) is 2.72. The van der Waals surface area contributed by atoms with Gasteiger partial charge in [0.25, 0.3) is 5.91 Å². The van der Waals surface area contributed by atoms with E-state index >= 15 is 0 Å². The first-order valence-corrected chi connectivity index (χ1v) is 8.65. The number of amides is 1. The Kier molecular flexibility index (Phi) is 5.90. The molecule has 0 aliphatic carbocycles. The number of methoxy groups -OCH3 is 1. The van der Waals surface area contributed by atoms with Gasteiger partial charge in [-0.3, -0.25) is 9.59 Å². The van der Waals surface area contributed by atoms with Gasteiger partial charge in [0.05, 0.1) is 18.4 Å². The van der Waals surface area contributed by atoms with Crippen LogP contribution in [-0.2, 0) is 4.79 Å². The van der Waals surface area contributed by atoms with Gasteiger partial charge in [0.2, 0.25) is 0 Å². The monoisotopic (exact) mass is 372 g/mol. The van der Waals surface area contributed by atoms with Crippen LogP contribution in [0, 0.1) is 5.82 Å². The number of carbonyl (C=O) groups excluding carboxylic acids is 2. The number of carbonyl (C=O) groups is 2. The highest BCUT2D eigenvalue weighted by atomic mass is 19.1. The van der Waals surface area contributed by atoms with Gasteiger partial charge in [0.15, 0.2) is 12.9 Å². The van der Waals surface area contributed by atoms with Crippen molar-refractivity contribution < 1.29 is 23.5 Å². The molecule has 2 aromatic carbocycles. The molecular formula is C20H21FN2O4. The fraction of sp³-hybridized carbons (Fsp3) is 0.300. The van der Waals surface area contributed by atoms with Crippen molar-refractivity contribution in [3.05, 3.63) is 53.8 Å². The van der Waals surface area contributed by atoms with Gasteiger partial charge >= 0.3 is 0 Å². The Balaban J connectivity index is 1.54. The van der Waals surface area contributed by atoms with Crippen molar-refractivity contribution in [2.24, 2.45) is 0 Å². The Bertz CT molecular complexity index is 819. The van der Waals surface area contributed by atoms with Crippen molar-refractivity contribution >= 4 is 17.9 Å². The highest BCUT2D eigenvalue weighted by Crippen LogP contribution is 2.23. The van der Waals surface area contributed by atoms with E-state index in [1.54, 1.807) is 41.3 Å². The van der Waals surface area contributed by atoms with E-state index in [1.165, 1.54) is 13.2 Å². The molecule has 27 heavy (non-hydrogen) atoms. The molecule has 7 heteroatoms. The minimum atomic E-state index is -0.262. The number of halogens is 1. The second-order valence-electron chi connectivity index (χ2n) is 6.13. The second-order valence-corrected chi connectivity index (χ2v) is 6.13. The molecule has 1 aliphatic rings. The lowest BCUT2D eigenvalue weighted by molar-refractivity contribution is -0.133. The minimum absolute atomic E-state index is 0.160. The molecule has 0 bridgehead atoms. The third kappa shape index (κ3) is 4.36. The molecule has 0 radical (unpaired) electrons. The van der Waals surface area contributed by atoms with E-state index in [0.717, 1.165) is 0 Å². The largest absolute Gasteiger partial charge is 0.497 e. The molecule has 0 atom stereocenters. The van der Waals surface area contributed by atoms with E-state index in [0.29, 0.717) is 55.2 Å². The number of para-hydroxylation sites is 1.